The van der Waals surface area contributed by atoms with Gasteiger partial charge in [0, 0.05) is 13.6 Å². The molecule has 7 heteroatoms. The van der Waals surface area contributed by atoms with Gasteiger partial charge >= 0.3 is 0 Å². The monoisotopic (exact) mass is 402 g/mol. The number of nitrogens with one attached hydrogen (secondary N) is 1. The first kappa shape index (κ1) is 15.5. The summed E-state index contributed by atoms with van der Waals surface area (Å²) in [5, 5.41) is 11.1. The molecular formula is C13H16Br2N4O. The van der Waals surface area contributed by atoms with Crippen molar-refractivity contribution in [1.29, 1.82) is 0 Å². The van der Waals surface area contributed by atoms with E-state index >= 15 is 0 Å². The Labute approximate surface area is 135 Å². The summed E-state index contributed by atoms with van der Waals surface area (Å²) in [5.41, 5.74) is 1.19. The smallest absolute Gasteiger partial charge is 0.170 e. The Kier molecular flexibility index (Phi) is 5.56. The maximum atomic E-state index is 5.81. The van der Waals surface area contributed by atoms with Crippen molar-refractivity contribution in [2.75, 3.05) is 6.54 Å². The van der Waals surface area contributed by atoms with Crippen LogP contribution in [-0.4, -0.2) is 21.3 Å². The summed E-state index contributed by atoms with van der Waals surface area (Å²) in [5.74, 6) is 1.55. The third-order valence-corrected chi connectivity index (χ3v) is 3.97. The fraction of sp³-hybridized carbons (Fsp3) is 0.385. The van der Waals surface area contributed by atoms with Crippen LogP contribution in [0.2, 0.25) is 0 Å². The number of nitrogens with zero attached hydrogens (tertiary/aromatic N) is 3. The van der Waals surface area contributed by atoms with Gasteiger partial charge in [-0.3, -0.25) is 0 Å². The molecule has 0 saturated heterocycles. The Bertz CT molecular complexity index is 562. The van der Waals surface area contributed by atoms with E-state index in [0.717, 1.165) is 33.6 Å². The van der Waals surface area contributed by atoms with Gasteiger partial charge in [0.05, 0.1) is 8.95 Å². The van der Waals surface area contributed by atoms with Crippen molar-refractivity contribution >= 4 is 31.9 Å². The quantitative estimate of drug-likeness (QED) is 0.805. The van der Waals surface area contributed by atoms with Crippen LogP contribution >= 0.6 is 31.9 Å². The number of aromatic nitrogens is 3. The summed E-state index contributed by atoms with van der Waals surface area (Å²) in [4.78, 5) is 0. The van der Waals surface area contributed by atoms with E-state index in [2.05, 4.69) is 66.4 Å². The van der Waals surface area contributed by atoms with Gasteiger partial charge in [0.15, 0.2) is 5.82 Å². The van der Waals surface area contributed by atoms with Crippen LogP contribution in [0.3, 0.4) is 0 Å². The molecule has 20 heavy (non-hydrogen) atoms. The largest absolute Gasteiger partial charge is 0.483 e. The van der Waals surface area contributed by atoms with Gasteiger partial charge in [0.1, 0.15) is 18.7 Å². The molecule has 0 unspecified atom stereocenters. The third-order valence-electron chi connectivity index (χ3n) is 2.79. The predicted octanol–water partition coefficient (Wildman–Crippen LogP) is 3.03. The van der Waals surface area contributed by atoms with Crippen LogP contribution in [0.5, 0.6) is 5.75 Å². The minimum atomic E-state index is 0.375. The van der Waals surface area contributed by atoms with E-state index in [1.54, 1.807) is 6.33 Å². The molecule has 2 rings (SSSR count). The van der Waals surface area contributed by atoms with Crippen LogP contribution in [0.15, 0.2) is 27.4 Å². The Balaban J connectivity index is 2.10. The van der Waals surface area contributed by atoms with Crippen LogP contribution < -0.4 is 10.1 Å². The first-order chi connectivity index (χ1) is 9.61. The second kappa shape index (κ2) is 7.19. The van der Waals surface area contributed by atoms with E-state index in [0.29, 0.717) is 6.61 Å². The minimum Gasteiger partial charge on any atom is -0.483 e. The molecule has 0 fully saturated rings. The number of aryl methyl sites for hydroxylation is 1. The first-order valence-corrected chi connectivity index (χ1v) is 7.84. The Morgan fingerprint density at radius 2 is 2.00 bits per heavy atom. The molecule has 0 aliphatic heterocycles. The second-order valence-corrected chi connectivity index (χ2v) is 6.02. The predicted molar refractivity (Wildman–Crippen MR) is 84.6 cm³/mol. The van der Waals surface area contributed by atoms with Gasteiger partial charge in [-0.15, -0.1) is 10.2 Å². The molecule has 1 aromatic heterocycles. The molecule has 0 aliphatic carbocycles. The van der Waals surface area contributed by atoms with E-state index in [1.165, 1.54) is 5.56 Å². The van der Waals surface area contributed by atoms with Crippen LogP contribution in [0.1, 0.15) is 18.3 Å². The summed E-state index contributed by atoms with van der Waals surface area (Å²) in [6.07, 6.45) is 1.66. The lowest BCUT2D eigenvalue weighted by Gasteiger charge is -2.12. The maximum absolute atomic E-state index is 5.81. The molecule has 1 heterocycles. The van der Waals surface area contributed by atoms with Gasteiger partial charge in [-0.2, -0.15) is 0 Å². The maximum Gasteiger partial charge on any atom is 0.170 e. The molecule has 0 spiro atoms. The van der Waals surface area contributed by atoms with Crippen LogP contribution in [0, 0.1) is 0 Å². The van der Waals surface area contributed by atoms with E-state index < -0.39 is 0 Å². The number of hydrogen-bond acceptors (Lipinski definition) is 4. The standard InChI is InChI=1S/C13H16Br2N4O/c1-3-16-6-9-4-10(14)13(11(15)5-9)20-7-12-18-17-8-19(12)2/h4-5,8,16H,3,6-7H2,1-2H3. The van der Waals surface area contributed by atoms with Crippen LogP contribution in [-0.2, 0) is 20.2 Å². The zero-order valence-electron chi connectivity index (χ0n) is 11.4. The van der Waals surface area contributed by atoms with E-state index in [9.17, 15) is 0 Å². The molecule has 0 bridgehead atoms. The normalized spacial score (nSPS) is 10.8. The van der Waals surface area contributed by atoms with Crippen LogP contribution in [0.25, 0.3) is 0 Å². The SMILES string of the molecule is CCNCc1cc(Br)c(OCc2nncn2C)c(Br)c1. The number of halogens is 2. The van der Waals surface area contributed by atoms with E-state index in [1.807, 2.05) is 11.6 Å². The molecular weight excluding hydrogens is 388 g/mol. The highest BCUT2D eigenvalue weighted by Crippen LogP contribution is 2.35. The Morgan fingerprint density at radius 3 is 2.55 bits per heavy atom. The minimum absolute atomic E-state index is 0.375. The highest BCUT2D eigenvalue weighted by Gasteiger charge is 2.10. The van der Waals surface area contributed by atoms with Gasteiger partial charge in [-0.05, 0) is 56.1 Å². The first-order valence-electron chi connectivity index (χ1n) is 6.26. The topological polar surface area (TPSA) is 52.0 Å². The zero-order valence-corrected chi connectivity index (χ0v) is 14.5. The summed E-state index contributed by atoms with van der Waals surface area (Å²) in [6.45, 7) is 4.24. The molecule has 108 valence electrons. The Hall–Kier alpha value is -0.920. The molecule has 5 nitrogen and oxygen atoms in total. The zero-order chi connectivity index (χ0) is 14.5. The number of rotatable bonds is 6. The molecule has 1 N–H and O–H groups in total. The average Bonchev–Trinajstić information content (AvgIpc) is 2.81. The van der Waals surface area contributed by atoms with Crippen molar-refractivity contribution < 1.29 is 4.74 Å². The van der Waals surface area contributed by atoms with Gasteiger partial charge in [-0.1, -0.05) is 6.92 Å². The van der Waals surface area contributed by atoms with Crippen molar-refractivity contribution in [2.24, 2.45) is 7.05 Å². The number of hydrogen-bond donors (Lipinski definition) is 1. The fourth-order valence-corrected chi connectivity index (χ4v) is 3.21. The summed E-state index contributed by atoms with van der Waals surface area (Å²) < 4.78 is 9.49. The van der Waals surface area contributed by atoms with Gasteiger partial charge in [-0.25, -0.2) is 0 Å². The molecule has 0 saturated carbocycles. The van der Waals surface area contributed by atoms with E-state index in [-0.39, 0.29) is 0 Å². The highest BCUT2D eigenvalue weighted by atomic mass is 79.9. The lowest BCUT2D eigenvalue weighted by molar-refractivity contribution is 0.287. The van der Waals surface area contributed by atoms with Gasteiger partial charge in [0.25, 0.3) is 0 Å². The highest BCUT2D eigenvalue weighted by molar-refractivity contribution is 9.11. The molecule has 2 aromatic rings. The molecule has 0 radical (unpaired) electrons. The van der Waals surface area contributed by atoms with Crippen LogP contribution in [0.4, 0.5) is 0 Å². The number of benzene rings is 1. The lowest BCUT2D eigenvalue weighted by Crippen LogP contribution is -2.12. The summed E-state index contributed by atoms with van der Waals surface area (Å²) in [7, 11) is 1.89. The van der Waals surface area contributed by atoms with Crippen molar-refractivity contribution in [3.63, 3.8) is 0 Å². The van der Waals surface area contributed by atoms with Crippen molar-refractivity contribution in [3.05, 3.63) is 38.8 Å². The second-order valence-electron chi connectivity index (χ2n) is 4.32. The lowest BCUT2D eigenvalue weighted by atomic mass is 10.2. The average molecular weight is 404 g/mol. The summed E-state index contributed by atoms with van der Waals surface area (Å²) >= 11 is 7.09. The molecule has 0 aliphatic rings. The molecule has 0 atom stereocenters. The van der Waals surface area contributed by atoms with Crippen molar-refractivity contribution in [1.82, 2.24) is 20.1 Å². The van der Waals surface area contributed by atoms with Gasteiger partial charge < -0.3 is 14.6 Å². The molecule has 1 aromatic carbocycles. The third kappa shape index (κ3) is 3.80. The van der Waals surface area contributed by atoms with Crippen molar-refractivity contribution in [2.45, 2.75) is 20.1 Å². The fourth-order valence-electron chi connectivity index (χ4n) is 1.70. The number of ether oxygens (including phenoxy) is 1. The summed E-state index contributed by atoms with van der Waals surface area (Å²) in [6, 6.07) is 4.11. The van der Waals surface area contributed by atoms with E-state index in [4.69, 9.17) is 4.74 Å². The van der Waals surface area contributed by atoms with Crippen molar-refractivity contribution in [3.8, 4) is 5.75 Å². The Morgan fingerprint density at radius 1 is 1.30 bits per heavy atom. The molecule has 0 amide bonds. The van der Waals surface area contributed by atoms with Gasteiger partial charge in [0.2, 0.25) is 0 Å².